The molecular formula is C18H24N2O2. The van der Waals surface area contributed by atoms with Crippen LogP contribution >= 0.6 is 0 Å². The molecule has 3 heterocycles. The van der Waals surface area contributed by atoms with Crippen molar-refractivity contribution in [2.45, 2.75) is 56.8 Å². The normalized spacial score (nSPS) is 31.0. The summed E-state index contributed by atoms with van der Waals surface area (Å²) in [6, 6.07) is 9.53. The summed E-state index contributed by atoms with van der Waals surface area (Å²) in [6.45, 7) is 1.45. The maximum atomic E-state index is 12.5. The van der Waals surface area contributed by atoms with E-state index in [2.05, 4.69) is 30.1 Å². The molecule has 3 aliphatic heterocycles. The van der Waals surface area contributed by atoms with E-state index in [0.29, 0.717) is 18.6 Å². The molecular weight excluding hydrogens is 276 g/mol. The summed E-state index contributed by atoms with van der Waals surface area (Å²) < 4.78 is 5.89. The maximum Gasteiger partial charge on any atom is 0.410 e. The number of ether oxygens (including phenoxy) is 1. The molecule has 0 N–H and O–H groups in total. The number of rotatable bonds is 1. The smallest absolute Gasteiger partial charge is 0.410 e. The highest BCUT2D eigenvalue weighted by Gasteiger charge is 2.42. The Morgan fingerprint density at radius 1 is 1.14 bits per heavy atom. The predicted molar refractivity (Wildman–Crippen MR) is 84.6 cm³/mol. The fraction of sp³-hybridized carbons (Fsp3) is 0.611. The van der Waals surface area contributed by atoms with Gasteiger partial charge in [0.15, 0.2) is 0 Å². The van der Waals surface area contributed by atoms with Gasteiger partial charge >= 0.3 is 6.09 Å². The Bertz CT molecular complexity index is 574. The summed E-state index contributed by atoms with van der Waals surface area (Å²) in [6.07, 6.45) is 5.49. The van der Waals surface area contributed by atoms with Gasteiger partial charge in [-0.3, -0.25) is 4.90 Å². The quantitative estimate of drug-likeness (QED) is 0.799. The number of amides is 1. The van der Waals surface area contributed by atoms with Crippen molar-refractivity contribution >= 4 is 6.09 Å². The molecule has 2 unspecified atom stereocenters. The highest BCUT2D eigenvalue weighted by atomic mass is 16.6. The molecule has 2 bridgehead atoms. The highest BCUT2D eigenvalue weighted by Crippen LogP contribution is 2.36. The van der Waals surface area contributed by atoms with Crippen LogP contribution in [0.4, 0.5) is 4.79 Å². The molecule has 2 fully saturated rings. The van der Waals surface area contributed by atoms with Crippen molar-refractivity contribution < 1.29 is 9.53 Å². The van der Waals surface area contributed by atoms with Gasteiger partial charge in [-0.1, -0.05) is 24.3 Å². The second kappa shape index (κ2) is 5.58. The lowest BCUT2D eigenvalue weighted by atomic mass is 10.00. The Balaban J connectivity index is 1.41. The topological polar surface area (TPSA) is 32.8 Å². The standard InChI is InChI=1S/C18H24N2O2/c1-19-15-6-8-16(19)17(9-7-15)22-18(21)20-11-10-13-4-2-3-5-14(13)12-20/h2-5,15-17H,6-12H2,1H3/t15?,16?,17-/m1/s1. The Kier molecular flexibility index (Phi) is 3.57. The van der Waals surface area contributed by atoms with Crippen molar-refractivity contribution in [1.82, 2.24) is 9.80 Å². The van der Waals surface area contributed by atoms with Gasteiger partial charge in [0.1, 0.15) is 6.10 Å². The SMILES string of the molecule is CN1C2CCC1[C@H](OC(=O)N1CCc3ccccc3C1)CC2. The van der Waals surface area contributed by atoms with Crippen molar-refractivity contribution in [2.24, 2.45) is 0 Å². The number of carbonyl (C=O) groups excluding carboxylic acids is 1. The average molecular weight is 300 g/mol. The van der Waals surface area contributed by atoms with Crippen LogP contribution in [0.3, 0.4) is 0 Å². The fourth-order valence-corrected chi connectivity index (χ4v) is 4.38. The van der Waals surface area contributed by atoms with E-state index >= 15 is 0 Å². The molecule has 22 heavy (non-hydrogen) atoms. The van der Waals surface area contributed by atoms with Gasteiger partial charge in [0, 0.05) is 25.2 Å². The molecule has 0 radical (unpaired) electrons. The molecule has 0 spiro atoms. The lowest BCUT2D eigenvalue weighted by Crippen LogP contribution is -2.48. The molecule has 4 nitrogen and oxygen atoms in total. The van der Waals surface area contributed by atoms with Gasteiger partial charge in [0.05, 0.1) is 0 Å². The second-order valence-electron chi connectivity index (χ2n) is 6.90. The minimum absolute atomic E-state index is 0.0772. The molecule has 4 rings (SSSR count). The van der Waals surface area contributed by atoms with Crippen LogP contribution in [0.15, 0.2) is 24.3 Å². The highest BCUT2D eigenvalue weighted by molar-refractivity contribution is 5.68. The Morgan fingerprint density at radius 2 is 1.91 bits per heavy atom. The predicted octanol–water partition coefficient (Wildman–Crippen LogP) is 2.81. The van der Waals surface area contributed by atoms with Gasteiger partial charge in [-0.25, -0.2) is 4.79 Å². The first kappa shape index (κ1) is 14.1. The molecule has 4 heteroatoms. The summed E-state index contributed by atoms with van der Waals surface area (Å²) in [4.78, 5) is 16.8. The van der Waals surface area contributed by atoms with Crippen LogP contribution in [-0.4, -0.2) is 47.7 Å². The lowest BCUT2D eigenvalue weighted by Gasteiger charge is -2.38. The van der Waals surface area contributed by atoms with E-state index in [1.807, 2.05) is 11.0 Å². The number of nitrogens with zero attached hydrogens (tertiary/aromatic N) is 2. The van der Waals surface area contributed by atoms with E-state index in [4.69, 9.17) is 4.74 Å². The largest absolute Gasteiger partial charge is 0.444 e. The van der Waals surface area contributed by atoms with Gasteiger partial charge in [0.25, 0.3) is 0 Å². The first-order chi connectivity index (χ1) is 10.7. The van der Waals surface area contributed by atoms with E-state index in [0.717, 1.165) is 25.8 Å². The molecule has 3 atom stereocenters. The molecule has 1 aromatic carbocycles. The number of benzene rings is 1. The average Bonchev–Trinajstić information content (AvgIpc) is 2.78. The third-order valence-corrected chi connectivity index (χ3v) is 5.75. The second-order valence-corrected chi connectivity index (χ2v) is 6.90. The van der Waals surface area contributed by atoms with E-state index in [-0.39, 0.29) is 12.2 Å². The molecule has 3 aliphatic rings. The van der Waals surface area contributed by atoms with Crippen molar-refractivity contribution in [3.8, 4) is 0 Å². The lowest BCUT2D eigenvalue weighted by molar-refractivity contribution is -0.00668. The molecule has 1 aromatic rings. The number of fused-ring (bicyclic) bond motifs is 3. The van der Waals surface area contributed by atoms with E-state index in [9.17, 15) is 4.79 Å². The van der Waals surface area contributed by atoms with E-state index in [1.165, 1.54) is 24.0 Å². The summed E-state index contributed by atoms with van der Waals surface area (Å²) in [5.74, 6) is 0. The zero-order valence-electron chi connectivity index (χ0n) is 13.2. The summed E-state index contributed by atoms with van der Waals surface area (Å²) in [5.41, 5.74) is 2.62. The number of hydrogen-bond acceptors (Lipinski definition) is 3. The van der Waals surface area contributed by atoms with E-state index in [1.54, 1.807) is 0 Å². The van der Waals surface area contributed by atoms with Crippen LogP contribution in [0.1, 0.15) is 36.8 Å². The number of piperidine rings is 1. The van der Waals surface area contributed by atoms with Crippen LogP contribution in [0.25, 0.3) is 0 Å². The monoisotopic (exact) mass is 300 g/mol. The van der Waals surface area contributed by atoms with Crippen molar-refractivity contribution in [1.29, 1.82) is 0 Å². The Hall–Kier alpha value is -1.55. The molecule has 1 amide bonds. The Morgan fingerprint density at radius 3 is 2.77 bits per heavy atom. The van der Waals surface area contributed by atoms with Crippen LogP contribution < -0.4 is 0 Å². The van der Waals surface area contributed by atoms with Crippen LogP contribution in [0, 0.1) is 0 Å². The van der Waals surface area contributed by atoms with Crippen LogP contribution in [0.5, 0.6) is 0 Å². The number of likely N-dealkylation sites (N-methyl/N-ethyl adjacent to an activating group) is 1. The number of hydrogen-bond donors (Lipinski definition) is 0. The van der Waals surface area contributed by atoms with Crippen molar-refractivity contribution in [3.05, 3.63) is 35.4 Å². The molecule has 0 aliphatic carbocycles. The van der Waals surface area contributed by atoms with Gasteiger partial charge in [-0.15, -0.1) is 0 Å². The fourth-order valence-electron chi connectivity index (χ4n) is 4.38. The van der Waals surface area contributed by atoms with Gasteiger partial charge < -0.3 is 9.64 Å². The maximum absolute atomic E-state index is 12.5. The minimum atomic E-state index is -0.127. The van der Waals surface area contributed by atoms with Gasteiger partial charge in [0.2, 0.25) is 0 Å². The first-order valence-corrected chi connectivity index (χ1v) is 8.46. The Labute approximate surface area is 132 Å². The number of carbonyl (C=O) groups is 1. The van der Waals surface area contributed by atoms with Gasteiger partial charge in [-0.05, 0) is 50.3 Å². The summed E-state index contributed by atoms with van der Waals surface area (Å²) >= 11 is 0. The zero-order chi connectivity index (χ0) is 15.1. The van der Waals surface area contributed by atoms with Crippen LogP contribution in [-0.2, 0) is 17.7 Å². The minimum Gasteiger partial charge on any atom is -0.444 e. The van der Waals surface area contributed by atoms with Crippen molar-refractivity contribution in [3.63, 3.8) is 0 Å². The van der Waals surface area contributed by atoms with Gasteiger partial charge in [-0.2, -0.15) is 0 Å². The molecule has 0 saturated carbocycles. The summed E-state index contributed by atoms with van der Waals surface area (Å²) in [7, 11) is 2.18. The summed E-state index contributed by atoms with van der Waals surface area (Å²) in [5, 5.41) is 0. The molecule has 2 saturated heterocycles. The third-order valence-electron chi connectivity index (χ3n) is 5.75. The van der Waals surface area contributed by atoms with E-state index < -0.39 is 0 Å². The zero-order valence-corrected chi connectivity index (χ0v) is 13.2. The molecule has 118 valence electrons. The molecule has 0 aromatic heterocycles. The first-order valence-electron chi connectivity index (χ1n) is 8.46. The third kappa shape index (κ3) is 2.39. The van der Waals surface area contributed by atoms with Crippen molar-refractivity contribution in [2.75, 3.05) is 13.6 Å². The van der Waals surface area contributed by atoms with Crippen LogP contribution in [0.2, 0.25) is 0 Å².